The summed E-state index contributed by atoms with van der Waals surface area (Å²) in [6, 6.07) is 8.75. The summed E-state index contributed by atoms with van der Waals surface area (Å²) in [5.74, 6) is 0.357. The van der Waals surface area contributed by atoms with E-state index in [0.29, 0.717) is 37.4 Å². The van der Waals surface area contributed by atoms with Crippen molar-refractivity contribution in [1.82, 2.24) is 25.4 Å². The molecule has 0 unspecified atom stereocenters. The number of hydrogen-bond donors (Lipinski definition) is 2. The highest BCUT2D eigenvalue weighted by atomic mass is 16.5. The number of carbonyl (C=O) groups excluding carboxylic acids is 3. The van der Waals surface area contributed by atoms with Gasteiger partial charge in [0, 0.05) is 52.0 Å². The molecule has 1 atom stereocenters. The van der Waals surface area contributed by atoms with E-state index >= 15 is 0 Å². The lowest BCUT2D eigenvalue weighted by Gasteiger charge is -2.24. The molecule has 0 aliphatic carbocycles. The van der Waals surface area contributed by atoms with Crippen LogP contribution >= 0.6 is 0 Å². The van der Waals surface area contributed by atoms with E-state index < -0.39 is 11.9 Å². The van der Waals surface area contributed by atoms with E-state index in [-0.39, 0.29) is 18.4 Å². The van der Waals surface area contributed by atoms with Gasteiger partial charge in [-0.25, -0.2) is 0 Å². The minimum absolute atomic E-state index is 0.00435. The molecule has 2 N–H and O–H groups in total. The number of aromatic nitrogens is 1. The fourth-order valence-electron chi connectivity index (χ4n) is 4.50. The van der Waals surface area contributed by atoms with Crippen molar-refractivity contribution in [3.05, 3.63) is 53.9 Å². The Morgan fingerprint density at radius 2 is 1.85 bits per heavy atom. The van der Waals surface area contributed by atoms with E-state index in [1.165, 1.54) is 7.11 Å². The van der Waals surface area contributed by atoms with Crippen molar-refractivity contribution in [2.24, 2.45) is 0 Å². The second-order valence-electron chi connectivity index (χ2n) is 9.87. The second kappa shape index (κ2) is 15.7. The van der Waals surface area contributed by atoms with Gasteiger partial charge in [-0.3, -0.25) is 24.3 Å². The number of fused-ring (bicyclic) bond motifs is 2. The van der Waals surface area contributed by atoms with E-state index in [4.69, 9.17) is 9.47 Å². The maximum Gasteiger partial charge on any atom is 0.258 e. The molecule has 39 heavy (non-hydrogen) atoms. The van der Waals surface area contributed by atoms with Crippen molar-refractivity contribution in [2.45, 2.75) is 51.6 Å². The first-order valence-corrected chi connectivity index (χ1v) is 13.6. The number of nitrogens with zero attached hydrogens (tertiary/aromatic N) is 3. The Morgan fingerprint density at radius 1 is 1.05 bits per heavy atom. The third-order valence-electron chi connectivity index (χ3n) is 6.67. The van der Waals surface area contributed by atoms with Gasteiger partial charge in [0.25, 0.3) is 5.91 Å². The molecular weight excluding hydrogens is 498 g/mol. The Morgan fingerprint density at radius 3 is 2.62 bits per heavy atom. The van der Waals surface area contributed by atoms with Crippen LogP contribution in [-0.2, 0) is 27.3 Å². The molecule has 10 heteroatoms. The van der Waals surface area contributed by atoms with Gasteiger partial charge < -0.3 is 25.0 Å². The van der Waals surface area contributed by atoms with Crippen LogP contribution in [-0.4, -0.2) is 85.5 Å². The Bertz CT molecular complexity index is 1080. The van der Waals surface area contributed by atoms with Gasteiger partial charge in [0.2, 0.25) is 11.8 Å². The molecule has 1 aromatic carbocycles. The van der Waals surface area contributed by atoms with Crippen LogP contribution < -0.4 is 20.1 Å². The number of methoxy groups -OCH3 is 1. The van der Waals surface area contributed by atoms with E-state index in [2.05, 4.69) is 26.6 Å². The number of benzene rings is 1. The van der Waals surface area contributed by atoms with Crippen molar-refractivity contribution in [3.8, 4) is 11.5 Å². The highest BCUT2D eigenvalue weighted by Crippen LogP contribution is 2.28. The van der Waals surface area contributed by atoms with Crippen LogP contribution in [0.4, 0.5) is 0 Å². The number of aryl methyl sites for hydroxylation is 1. The number of nitrogens with one attached hydrogen (secondary N) is 2. The molecule has 3 rings (SSSR count). The lowest BCUT2D eigenvalue weighted by Crippen LogP contribution is -2.47. The third kappa shape index (κ3) is 10.2. The van der Waals surface area contributed by atoms with Gasteiger partial charge in [-0.1, -0.05) is 12.1 Å². The smallest absolute Gasteiger partial charge is 0.258 e. The lowest BCUT2D eigenvalue weighted by atomic mass is 10.1. The summed E-state index contributed by atoms with van der Waals surface area (Å²) in [5.41, 5.74) is 2.04. The second-order valence-corrected chi connectivity index (χ2v) is 9.87. The fourth-order valence-corrected chi connectivity index (χ4v) is 4.50. The first-order chi connectivity index (χ1) is 18.9. The summed E-state index contributed by atoms with van der Waals surface area (Å²) >= 11 is 0. The van der Waals surface area contributed by atoms with E-state index in [1.54, 1.807) is 37.2 Å². The summed E-state index contributed by atoms with van der Waals surface area (Å²) in [4.78, 5) is 46.0. The number of likely N-dealkylation sites (N-methyl/N-ethyl adjacent to an activating group) is 1. The normalized spacial score (nSPS) is 19.6. The minimum Gasteiger partial charge on any atom is -0.493 e. The Hall–Kier alpha value is -3.66. The standard InChI is InChI=1S/C29H41N5O5/c1-22-29(37)33(2)15-4-5-16-34(20-24-8-6-13-30-19-24)17-7-14-31-27(35)12-10-23-9-11-25(38-3)26(18-23)39-21-28(36)32-22/h6,8-9,11,13,18-19,22H,4-5,7,10,12,14-17,20-21H2,1-3H3,(H,31,35)(H,32,36)/t22-/m0/s1. The largest absolute Gasteiger partial charge is 0.493 e. The Kier molecular flexibility index (Phi) is 12.0. The molecule has 0 saturated heterocycles. The van der Waals surface area contributed by atoms with Gasteiger partial charge in [0.15, 0.2) is 18.1 Å². The number of ether oxygens (including phenoxy) is 2. The molecule has 10 nitrogen and oxygen atoms in total. The third-order valence-corrected chi connectivity index (χ3v) is 6.67. The molecule has 0 spiro atoms. The topological polar surface area (TPSA) is 113 Å². The maximum atomic E-state index is 12.8. The van der Waals surface area contributed by atoms with Gasteiger partial charge in [0.05, 0.1) is 7.11 Å². The zero-order valence-electron chi connectivity index (χ0n) is 23.3. The first-order valence-electron chi connectivity index (χ1n) is 13.6. The summed E-state index contributed by atoms with van der Waals surface area (Å²) < 4.78 is 11.1. The Balaban J connectivity index is 1.68. The van der Waals surface area contributed by atoms with Crippen molar-refractivity contribution < 1.29 is 23.9 Å². The molecular formula is C29H41N5O5. The first kappa shape index (κ1) is 29.9. The van der Waals surface area contributed by atoms with Crippen molar-refractivity contribution in [2.75, 3.05) is 46.9 Å². The zero-order chi connectivity index (χ0) is 28.0. The number of pyridine rings is 1. The quantitative estimate of drug-likeness (QED) is 0.615. The molecule has 1 aromatic heterocycles. The zero-order valence-corrected chi connectivity index (χ0v) is 23.3. The molecule has 0 fully saturated rings. The van der Waals surface area contributed by atoms with Crippen molar-refractivity contribution in [1.29, 1.82) is 0 Å². The molecule has 212 valence electrons. The molecule has 2 heterocycles. The van der Waals surface area contributed by atoms with Crippen LogP contribution in [0.15, 0.2) is 42.7 Å². The molecule has 1 aliphatic rings. The van der Waals surface area contributed by atoms with Crippen LogP contribution in [0.1, 0.15) is 43.7 Å². The summed E-state index contributed by atoms with van der Waals surface area (Å²) in [6.45, 7) is 5.10. The number of hydrogen-bond acceptors (Lipinski definition) is 7. The van der Waals surface area contributed by atoms with Crippen LogP contribution in [0.5, 0.6) is 11.5 Å². The average molecular weight is 540 g/mol. The minimum atomic E-state index is -0.669. The SMILES string of the molecule is COc1ccc2cc1OCC(=O)N[C@@H](C)C(=O)N(C)CCCCN(Cc1cccnc1)CCCNC(=O)CC2. The predicted molar refractivity (Wildman–Crippen MR) is 148 cm³/mol. The van der Waals surface area contributed by atoms with Gasteiger partial charge in [0.1, 0.15) is 6.04 Å². The van der Waals surface area contributed by atoms with Crippen LogP contribution in [0.25, 0.3) is 0 Å². The van der Waals surface area contributed by atoms with E-state index in [1.807, 2.05) is 18.3 Å². The molecule has 1 aliphatic heterocycles. The molecule has 0 radical (unpaired) electrons. The monoisotopic (exact) mass is 539 g/mol. The predicted octanol–water partition coefficient (Wildman–Crippen LogP) is 2.17. The van der Waals surface area contributed by atoms with Crippen LogP contribution in [0, 0.1) is 0 Å². The maximum absolute atomic E-state index is 12.8. The average Bonchev–Trinajstić information content (AvgIpc) is 2.94. The van der Waals surface area contributed by atoms with E-state index in [0.717, 1.165) is 50.0 Å². The van der Waals surface area contributed by atoms with E-state index in [9.17, 15) is 14.4 Å². The highest BCUT2D eigenvalue weighted by molar-refractivity contribution is 5.87. The van der Waals surface area contributed by atoms with Crippen LogP contribution in [0.3, 0.4) is 0 Å². The summed E-state index contributed by atoms with van der Waals surface area (Å²) in [7, 11) is 3.28. The van der Waals surface area contributed by atoms with Crippen molar-refractivity contribution >= 4 is 17.7 Å². The van der Waals surface area contributed by atoms with Gasteiger partial charge >= 0.3 is 0 Å². The molecule has 3 amide bonds. The van der Waals surface area contributed by atoms with Crippen molar-refractivity contribution in [3.63, 3.8) is 0 Å². The fraction of sp³-hybridized carbons (Fsp3) is 0.517. The lowest BCUT2D eigenvalue weighted by molar-refractivity contribution is -0.135. The molecule has 2 bridgehead atoms. The van der Waals surface area contributed by atoms with Gasteiger partial charge in [-0.05, 0) is 68.5 Å². The van der Waals surface area contributed by atoms with Crippen LogP contribution in [0.2, 0.25) is 0 Å². The summed E-state index contributed by atoms with van der Waals surface area (Å²) in [5, 5.41) is 5.75. The van der Waals surface area contributed by atoms with Gasteiger partial charge in [-0.2, -0.15) is 0 Å². The van der Waals surface area contributed by atoms with Gasteiger partial charge in [-0.15, -0.1) is 0 Å². The molecule has 2 aromatic rings. The summed E-state index contributed by atoms with van der Waals surface area (Å²) in [6.07, 6.45) is 7.11. The number of carbonyl (C=O) groups is 3. The molecule has 0 saturated carbocycles. The highest BCUT2D eigenvalue weighted by Gasteiger charge is 2.20. The number of amides is 3. The Labute approximate surface area is 231 Å². The number of rotatable bonds is 3.